The highest BCUT2D eigenvalue weighted by atomic mass is 35.5. The Kier molecular flexibility index (Phi) is 3.88. The Morgan fingerprint density at radius 2 is 1.77 bits per heavy atom. The van der Waals surface area contributed by atoms with Crippen LogP contribution in [0.25, 0.3) is 0 Å². The molecule has 0 spiro atoms. The summed E-state index contributed by atoms with van der Waals surface area (Å²) < 4.78 is 36.0. The largest absolute Gasteiger partial charge is 0.416 e. The Balaban J connectivity index is 0.00000144. The molecule has 13 heavy (non-hydrogen) atoms. The lowest BCUT2D eigenvalue weighted by Gasteiger charge is -2.07. The van der Waals surface area contributed by atoms with Gasteiger partial charge < -0.3 is 5.73 Å². The van der Waals surface area contributed by atoms with Crippen LogP contribution in [0.1, 0.15) is 5.56 Å². The van der Waals surface area contributed by atoms with Crippen LogP contribution < -0.4 is 5.73 Å². The molecular formula is C7H6Cl2F3N. The molecule has 6 heteroatoms. The summed E-state index contributed by atoms with van der Waals surface area (Å²) in [6.45, 7) is 0. The normalized spacial score (nSPS) is 10.8. The molecule has 0 aliphatic carbocycles. The van der Waals surface area contributed by atoms with Crippen LogP contribution in [0.4, 0.5) is 18.9 Å². The Bertz CT molecular complexity index is 298. The van der Waals surface area contributed by atoms with Gasteiger partial charge in [-0.1, -0.05) is 11.6 Å². The van der Waals surface area contributed by atoms with Crippen LogP contribution in [0.15, 0.2) is 18.2 Å². The molecule has 0 fully saturated rings. The molecule has 0 amide bonds. The first kappa shape index (κ1) is 12.4. The van der Waals surface area contributed by atoms with Crippen LogP contribution in [-0.4, -0.2) is 0 Å². The van der Waals surface area contributed by atoms with Crippen molar-refractivity contribution >= 4 is 29.7 Å². The molecule has 0 aromatic heterocycles. The minimum absolute atomic E-state index is 0. The number of anilines is 1. The van der Waals surface area contributed by atoms with Gasteiger partial charge >= 0.3 is 6.18 Å². The van der Waals surface area contributed by atoms with Gasteiger partial charge in [0.1, 0.15) is 0 Å². The molecule has 0 radical (unpaired) electrons. The first-order chi connectivity index (χ1) is 5.41. The summed E-state index contributed by atoms with van der Waals surface area (Å²) in [5.74, 6) is 0. The van der Waals surface area contributed by atoms with Crippen LogP contribution in [0, 0.1) is 0 Å². The third-order valence-corrected chi connectivity index (χ3v) is 1.66. The zero-order chi connectivity index (χ0) is 9.35. The summed E-state index contributed by atoms with van der Waals surface area (Å²) in [6, 6.07) is 2.82. The molecule has 0 unspecified atom stereocenters. The van der Waals surface area contributed by atoms with Crippen molar-refractivity contribution in [1.29, 1.82) is 0 Å². The van der Waals surface area contributed by atoms with Crippen LogP contribution in [-0.2, 0) is 6.18 Å². The van der Waals surface area contributed by atoms with Gasteiger partial charge in [-0.15, -0.1) is 12.4 Å². The van der Waals surface area contributed by atoms with Gasteiger partial charge in [0.05, 0.1) is 16.3 Å². The molecule has 0 saturated carbocycles. The van der Waals surface area contributed by atoms with E-state index in [0.29, 0.717) is 0 Å². The van der Waals surface area contributed by atoms with Gasteiger partial charge in [-0.2, -0.15) is 13.2 Å². The van der Waals surface area contributed by atoms with E-state index in [2.05, 4.69) is 0 Å². The molecule has 0 heterocycles. The van der Waals surface area contributed by atoms with E-state index >= 15 is 0 Å². The summed E-state index contributed by atoms with van der Waals surface area (Å²) >= 11 is 5.39. The summed E-state index contributed by atoms with van der Waals surface area (Å²) in [5.41, 5.74) is 4.59. The lowest BCUT2D eigenvalue weighted by molar-refractivity contribution is -0.137. The molecule has 2 N–H and O–H groups in total. The van der Waals surface area contributed by atoms with Gasteiger partial charge in [-0.3, -0.25) is 0 Å². The number of halogens is 5. The average Bonchev–Trinajstić information content (AvgIpc) is 1.92. The van der Waals surface area contributed by atoms with Gasteiger partial charge in [-0.05, 0) is 18.2 Å². The number of alkyl halides is 3. The molecule has 0 aliphatic heterocycles. The second-order valence-corrected chi connectivity index (χ2v) is 2.64. The van der Waals surface area contributed by atoms with Crippen molar-refractivity contribution in [2.75, 3.05) is 5.73 Å². The number of hydrogen-bond donors (Lipinski definition) is 1. The Morgan fingerprint density at radius 1 is 1.23 bits per heavy atom. The fourth-order valence-corrected chi connectivity index (χ4v) is 0.884. The lowest BCUT2D eigenvalue weighted by Crippen LogP contribution is -2.04. The SMILES string of the molecule is Cl.Nc1ccc(C(F)(F)F)cc1Cl. The van der Waals surface area contributed by atoms with E-state index in [0.717, 1.165) is 18.2 Å². The first-order valence-electron chi connectivity index (χ1n) is 3.03. The molecule has 0 aliphatic rings. The molecule has 0 saturated heterocycles. The van der Waals surface area contributed by atoms with E-state index in [1.165, 1.54) is 0 Å². The van der Waals surface area contributed by atoms with Gasteiger partial charge in [-0.25, -0.2) is 0 Å². The van der Waals surface area contributed by atoms with Crippen molar-refractivity contribution in [3.63, 3.8) is 0 Å². The lowest BCUT2D eigenvalue weighted by atomic mass is 10.2. The van der Waals surface area contributed by atoms with Crippen molar-refractivity contribution < 1.29 is 13.2 Å². The highest BCUT2D eigenvalue weighted by molar-refractivity contribution is 6.33. The third-order valence-electron chi connectivity index (χ3n) is 1.33. The zero-order valence-corrected chi connectivity index (χ0v) is 7.80. The van der Waals surface area contributed by atoms with Crippen molar-refractivity contribution in [3.05, 3.63) is 28.8 Å². The highest BCUT2D eigenvalue weighted by Gasteiger charge is 2.30. The molecule has 1 aromatic carbocycles. The Labute approximate surface area is 84.1 Å². The predicted molar refractivity (Wildman–Crippen MR) is 48.1 cm³/mol. The topological polar surface area (TPSA) is 26.0 Å². The average molecular weight is 232 g/mol. The molecule has 1 nitrogen and oxygen atoms in total. The van der Waals surface area contributed by atoms with E-state index < -0.39 is 11.7 Å². The fraction of sp³-hybridized carbons (Fsp3) is 0.143. The summed E-state index contributed by atoms with van der Waals surface area (Å²) in [4.78, 5) is 0. The summed E-state index contributed by atoms with van der Waals surface area (Å²) in [5, 5.41) is -0.0789. The molecular weight excluding hydrogens is 226 g/mol. The van der Waals surface area contributed by atoms with Gasteiger partial charge in [0.25, 0.3) is 0 Å². The van der Waals surface area contributed by atoms with E-state index in [9.17, 15) is 13.2 Å². The monoisotopic (exact) mass is 231 g/mol. The number of nitrogen functional groups attached to an aromatic ring is 1. The predicted octanol–water partition coefficient (Wildman–Crippen LogP) is 3.36. The van der Waals surface area contributed by atoms with Crippen LogP contribution in [0.5, 0.6) is 0 Å². The number of nitrogens with two attached hydrogens (primary N) is 1. The van der Waals surface area contributed by atoms with E-state index in [1.807, 2.05) is 0 Å². The van der Waals surface area contributed by atoms with Crippen LogP contribution in [0.3, 0.4) is 0 Å². The molecule has 0 atom stereocenters. The summed E-state index contributed by atoms with van der Waals surface area (Å²) in [7, 11) is 0. The number of hydrogen-bond acceptors (Lipinski definition) is 1. The Morgan fingerprint density at radius 3 is 2.15 bits per heavy atom. The maximum Gasteiger partial charge on any atom is 0.416 e. The van der Waals surface area contributed by atoms with Crippen molar-refractivity contribution in [2.24, 2.45) is 0 Å². The maximum atomic E-state index is 12.0. The quantitative estimate of drug-likeness (QED) is 0.682. The smallest absolute Gasteiger partial charge is 0.398 e. The minimum atomic E-state index is -4.36. The minimum Gasteiger partial charge on any atom is -0.398 e. The molecule has 0 bridgehead atoms. The van der Waals surface area contributed by atoms with Crippen LogP contribution >= 0.6 is 24.0 Å². The maximum absolute atomic E-state index is 12.0. The first-order valence-corrected chi connectivity index (χ1v) is 3.41. The summed E-state index contributed by atoms with van der Waals surface area (Å²) in [6.07, 6.45) is -4.36. The van der Waals surface area contributed by atoms with E-state index in [1.54, 1.807) is 0 Å². The fourth-order valence-electron chi connectivity index (χ4n) is 0.703. The van der Waals surface area contributed by atoms with Gasteiger partial charge in [0, 0.05) is 0 Å². The third kappa shape index (κ3) is 2.97. The van der Waals surface area contributed by atoms with E-state index in [-0.39, 0.29) is 23.1 Å². The van der Waals surface area contributed by atoms with Crippen molar-refractivity contribution in [3.8, 4) is 0 Å². The molecule has 1 aromatic rings. The number of benzene rings is 1. The standard InChI is InChI=1S/C7H5ClF3N.ClH/c8-5-3-4(7(9,10)11)1-2-6(5)12;/h1-3H,12H2;1H. The van der Waals surface area contributed by atoms with Crippen molar-refractivity contribution in [1.82, 2.24) is 0 Å². The van der Waals surface area contributed by atoms with Gasteiger partial charge in [0.2, 0.25) is 0 Å². The van der Waals surface area contributed by atoms with E-state index in [4.69, 9.17) is 17.3 Å². The molecule has 74 valence electrons. The second kappa shape index (κ2) is 4.07. The Hall–Kier alpha value is -0.610. The number of rotatable bonds is 0. The molecule has 1 rings (SSSR count). The van der Waals surface area contributed by atoms with Crippen LogP contribution in [0.2, 0.25) is 5.02 Å². The zero-order valence-electron chi connectivity index (χ0n) is 6.23. The van der Waals surface area contributed by atoms with Crippen molar-refractivity contribution in [2.45, 2.75) is 6.18 Å². The highest BCUT2D eigenvalue weighted by Crippen LogP contribution is 2.32. The van der Waals surface area contributed by atoms with Gasteiger partial charge in [0.15, 0.2) is 0 Å². The second-order valence-electron chi connectivity index (χ2n) is 2.23.